The molecule has 1 aliphatic heterocycles. The summed E-state index contributed by atoms with van der Waals surface area (Å²) in [7, 11) is 0. The fourth-order valence-electron chi connectivity index (χ4n) is 2.73. The Balaban J connectivity index is 2.07. The smallest absolute Gasteiger partial charge is 0.122 e. The van der Waals surface area contributed by atoms with Crippen molar-refractivity contribution in [2.24, 2.45) is 0 Å². The first-order valence-electron chi connectivity index (χ1n) is 6.83. The van der Waals surface area contributed by atoms with Gasteiger partial charge < -0.3 is 10.4 Å². The SMILES string of the molecule is Oc1cc(Br)cc(Br)c1[C@H](c1cccs1)N1CCNCC1. The molecule has 1 aromatic carbocycles. The van der Waals surface area contributed by atoms with E-state index in [9.17, 15) is 5.11 Å². The number of phenolic OH excluding ortho intramolecular Hbond substituents is 1. The molecule has 0 amide bonds. The summed E-state index contributed by atoms with van der Waals surface area (Å²) in [5.41, 5.74) is 0.947. The summed E-state index contributed by atoms with van der Waals surface area (Å²) in [6, 6.07) is 8.07. The molecule has 6 heteroatoms. The van der Waals surface area contributed by atoms with Crippen LogP contribution in [0.3, 0.4) is 0 Å². The lowest BCUT2D eigenvalue weighted by molar-refractivity contribution is 0.197. The molecule has 112 valence electrons. The van der Waals surface area contributed by atoms with Crippen molar-refractivity contribution in [1.82, 2.24) is 10.2 Å². The van der Waals surface area contributed by atoms with Gasteiger partial charge in [-0.15, -0.1) is 11.3 Å². The van der Waals surface area contributed by atoms with Gasteiger partial charge in [0.25, 0.3) is 0 Å². The number of benzene rings is 1. The van der Waals surface area contributed by atoms with E-state index in [1.165, 1.54) is 4.88 Å². The topological polar surface area (TPSA) is 35.5 Å². The molecule has 1 aromatic heterocycles. The second-order valence-corrected chi connectivity index (χ2v) is 7.77. The Morgan fingerprint density at radius 1 is 1.24 bits per heavy atom. The molecule has 3 rings (SSSR count). The van der Waals surface area contributed by atoms with Crippen LogP contribution in [-0.4, -0.2) is 36.2 Å². The Hall–Kier alpha value is -0.400. The standard InChI is InChI=1S/C15H16Br2N2OS/c16-10-8-11(17)14(12(20)9-10)15(13-2-1-7-21-13)19-5-3-18-4-6-19/h1-2,7-9,15,18,20H,3-6H2/t15-/m0/s1. The van der Waals surface area contributed by atoms with Crippen molar-refractivity contribution < 1.29 is 5.11 Å². The minimum atomic E-state index is 0.0922. The minimum Gasteiger partial charge on any atom is -0.508 e. The van der Waals surface area contributed by atoms with Gasteiger partial charge in [0.15, 0.2) is 0 Å². The molecule has 0 bridgehead atoms. The number of thiophene rings is 1. The average Bonchev–Trinajstić information content (AvgIpc) is 2.97. The summed E-state index contributed by atoms with van der Waals surface area (Å²) in [5.74, 6) is 0.327. The Morgan fingerprint density at radius 3 is 2.62 bits per heavy atom. The second kappa shape index (κ2) is 6.79. The third-order valence-corrected chi connectivity index (χ3v) is 5.71. The van der Waals surface area contributed by atoms with Gasteiger partial charge in [-0.05, 0) is 23.6 Å². The number of halogens is 2. The molecular weight excluding hydrogens is 416 g/mol. The van der Waals surface area contributed by atoms with E-state index in [0.29, 0.717) is 5.75 Å². The number of nitrogens with zero attached hydrogens (tertiary/aromatic N) is 1. The van der Waals surface area contributed by atoms with E-state index in [2.05, 4.69) is 59.6 Å². The third kappa shape index (κ3) is 3.35. The van der Waals surface area contributed by atoms with Crippen molar-refractivity contribution in [2.45, 2.75) is 6.04 Å². The Kier molecular flexibility index (Phi) is 5.01. The maximum Gasteiger partial charge on any atom is 0.122 e. The van der Waals surface area contributed by atoms with Crippen molar-refractivity contribution in [1.29, 1.82) is 0 Å². The monoisotopic (exact) mass is 430 g/mol. The summed E-state index contributed by atoms with van der Waals surface area (Å²) in [4.78, 5) is 3.69. The van der Waals surface area contributed by atoms with Crippen LogP contribution in [0.5, 0.6) is 5.75 Å². The maximum absolute atomic E-state index is 10.5. The van der Waals surface area contributed by atoms with E-state index < -0.39 is 0 Å². The summed E-state index contributed by atoms with van der Waals surface area (Å²) in [5, 5.41) is 16.0. The maximum atomic E-state index is 10.5. The first-order valence-corrected chi connectivity index (χ1v) is 9.29. The predicted molar refractivity (Wildman–Crippen MR) is 94.1 cm³/mol. The van der Waals surface area contributed by atoms with E-state index in [4.69, 9.17) is 0 Å². The second-order valence-electron chi connectivity index (χ2n) is 5.02. The number of nitrogens with one attached hydrogen (secondary N) is 1. The average molecular weight is 432 g/mol. The van der Waals surface area contributed by atoms with Gasteiger partial charge in [0, 0.05) is 45.6 Å². The molecule has 2 aromatic rings. The fourth-order valence-corrected chi connectivity index (χ4v) is 5.02. The van der Waals surface area contributed by atoms with Gasteiger partial charge in [-0.25, -0.2) is 0 Å². The van der Waals surface area contributed by atoms with Crippen LogP contribution in [0, 0.1) is 0 Å². The summed E-state index contributed by atoms with van der Waals surface area (Å²) in [6.45, 7) is 3.92. The lowest BCUT2D eigenvalue weighted by Crippen LogP contribution is -2.45. The van der Waals surface area contributed by atoms with Crippen LogP contribution in [-0.2, 0) is 0 Å². The minimum absolute atomic E-state index is 0.0922. The molecule has 1 atom stereocenters. The molecular formula is C15H16Br2N2OS. The van der Waals surface area contributed by atoms with E-state index in [1.807, 2.05) is 6.07 Å². The number of piperazine rings is 1. The normalized spacial score (nSPS) is 17.8. The lowest BCUT2D eigenvalue weighted by atomic mass is 10.0. The van der Waals surface area contributed by atoms with Crippen LogP contribution in [0.2, 0.25) is 0 Å². The van der Waals surface area contributed by atoms with Gasteiger partial charge in [-0.3, -0.25) is 4.90 Å². The third-order valence-electron chi connectivity index (χ3n) is 3.68. The van der Waals surface area contributed by atoms with E-state index >= 15 is 0 Å². The molecule has 3 nitrogen and oxygen atoms in total. The molecule has 0 radical (unpaired) electrons. The zero-order valence-electron chi connectivity index (χ0n) is 11.4. The molecule has 2 heterocycles. The zero-order valence-corrected chi connectivity index (χ0v) is 15.3. The van der Waals surface area contributed by atoms with Crippen LogP contribution < -0.4 is 5.32 Å². The predicted octanol–water partition coefficient (Wildman–Crippen LogP) is 3.97. The highest BCUT2D eigenvalue weighted by Crippen LogP contribution is 2.42. The number of aromatic hydroxyl groups is 1. The summed E-state index contributed by atoms with van der Waals surface area (Å²) in [6.07, 6.45) is 0. The molecule has 1 fully saturated rings. The Labute approximate surface area is 145 Å². The zero-order chi connectivity index (χ0) is 14.8. The highest BCUT2D eigenvalue weighted by atomic mass is 79.9. The molecule has 1 saturated heterocycles. The molecule has 0 aliphatic carbocycles. The van der Waals surface area contributed by atoms with Crippen LogP contribution in [0.15, 0.2) is 38.6 Å². The molecule has 0 saturated carbocycles. The summed E-state index contributed by atoms with van der Waals surface area (Å²) >= 11 is 8.79. The van der Waals surface area contributed by atoms with Gasteiger partial charge >= 0.3 is 0 Å². The number of hydrogen-bond acceptors (Lipinski definition) is 4. The number of hydrogen-bond donors (Lipinski definition) is 2. The molecule has 21 heavy (non-hydrogen) atoms. The van der Waals surface area contributed by atoms with Crippen molar-refractivity contribution >= 4 is 43.2 Å². The molecule has 0 spiro atoms. The first kappa shape index (κ1) is 15.5. The molecule has 0 unspecified atom stereocenters. The van der Waals surface area contributed by atoms with E-state index in [-0.39, 0.29) is 6.04 Å². The van der Waals surface area contributed by atoms with Crippen molar-refractivity contribution in [3.63, 3.8) is 0 Å². The highest BCUT2D eigenvalue weighted by molar-refractivity contribution is 9.11. The van der Waals surface area contributed by atoms with Crippen molar-refractivity contribution in [3.8, 4) is 5.75 Å². The Morgan fingerprint density at radius 2 is 2.00 bits per heavy atom. The van der Waals surface area contributed by atoms with Crippen molar-refractivity contribution in [3.05, 3.63) is 49.0 Å². The molecule has 2 N–H and O–H groups in total. The van der Waals surface area contributed by atoms with E-state index in [1.54, 1.807) is 17.4 Å². The quantitative estimate of drug-likeness (QED) is 0.771. The van der Waals surface area contributed by atoms with Gasteiger partial charge in [-0.2, -0.15) is 0 Å². The van der Waals surface area contributed by atoms with Gasteiger partial charge in [-0.1, -0.05) is 37.9 Å². The fraction of sp³-hybridized carbons (Fsp3) is 0.333. The van der Waals surface area contributed by atoms with Crippen molar-refractivity contribution in [2.75, 3.05) is 26.2 Å². The van der Waals surface area contributed by atoms with Crippen LogP contribution in [0.25, 0.3) is 0 Å². The molecule has 1 aliphatic rings. The van der Waals surface area contributed by atoms with E-state index in [0.717, 1.165) is 40.7 Å². The lowest BCUT2D eigenvalue weighted by Gasteiger charge is -2.35. The van der Waals surface area contributed by atoms with Crippen LogP contribution >= 0.6 is 43.2 Å². The number of rotatable bonds is 3. The van der Waals surface area contributed by atoms with Crippen LogP contribution in [0.1, 0.15) is 16.5 Å². The number of phenols is 1. The largest absolute Gasteiger partial charge is 0.508 e. The van der Waals surface area contributed by atoms with Gasteiger partial charge in [0.2, 0.25) is 0 Å². The Bertz CT molecular complexity index is 589. The first-order chi connectivity index (χ1) is 10.2. The van der Waals surface area contributed by atoms with Gasteiger partial charge in [0.1, 0.15) is 5.75 Å². The summed E-state index contributed by atoms with van der Waals surface area (Å²) < 4.78 is 1.81. The highest BCUT2D eigenvalue weighted by Gasteiger charge is 2.28. The van der Waals surface area contributed by atoms with Crippen LogP contribution in [0.4, 0.5) is 0 Å². The van der Waals surface area contributed by atoms with Gasteiger partial charge in [0.05, 0.1) is 6.04 Å².